The van der Waals surface area contributed by atoms with Crippen LogP contribution in [0.5, 0.6) is 5.75 Å². The van der Waals surface area contributed by atoms with E-state index in [-0.39, 0.29) is 5.69 Å². The lowest BCUT2D eigenvalue weighted by molar-refractivity contribution is 0.318. The number of rotatable bonds is 4. The van der Waals surface area contributed by atoms with E-state index in [1.807, 2.05) is 18.2 Å². The summed E-state index contributed by atoms with van der Waals surface area (Å²) < 4.78 is 8.79. The molecule has 2 aromatic rings. The van der Waals surface area contributed by atoms with Gasteiger partial charge in [0.1, 0.15) is 5.75 Å². The number of alkyl halides is 1. The lowest BCUT2D eigenvalue weighted by Gasteiger charge is -2.05. The zero-order valence-corrected chi connectivity index (χ0v) is 10.7. The summed E-state index contributed by atoms with van der Waals surface area (Å²) in [5.74, 6) is 1.36. The number of nitrogens with zero attached hydrogens (tertiary/aromatic N) is 2. The van der Waals surface area contributed by atoms with Crippen LogP contribution < -0.4 is 10.4 Å². The van der Waals surface area contributed by atoms with E-state index in [2.05, 4.69) is 0 Å². The molecule has 0 atom stereocenters. The second kappa shape index (κ2) is 4.84. The number of hydrogen-bond donors (Lipinski definition) is 0. The summed E-state index contributed by atoms with van der Waals surface area (Å²) in [7, 11) is 3.52. The van der Waals surface area contributed by atoms with Crippen molar-refractivity contribution >= 4 is 22.6 Å². The van der Waals surface area contributed by atoms with Crippen LogP contribution in [0.3, 0.4) is 0 Å². The van der Waals surface area contributed by atoms with Gasteiger partial charge in [0.2, 0.25) is 0 Å². The topological polar surface area (TPSA) is 36.2 Å². The fraction of sp³-hybridized carbons (Fsp3) is 0.417. The lowest BCUT2D eigenvalue weighted by Crippen LogP contribution is -2.19. The molecule has 1 aromatic carbocycles. The summed E-state index contributed by atoms with van der Waals surface area (Å²) in [6, 6.07) is 5.65. The minimum absolute atomic E-state index is 0.0297. The van der Waals surface area contributed by atoms with Gasteiger partial charge in [0, 0.05) is 26.0 Å². The summed E-state index contributed by atoms with van der Waals surface area (Å²) in [5, 5.41) is 0. The number of aromatic nitrogens is 2. The predicted molar refractivity (Wildman–Crippen MR) is 69.0 cm³/mol. The Hall–Kier alpha value is -1.42. The summed E-state index contributed by atoms with van der Waals surface area (Å²) in [5.41, 5.74) is 1.75. The molecule has 0 amide bonds. The van der Waals surface area contributed by atoms with Crippen LogP contribution in [0.1, 0.15) is 6.42 Å². The molecule has 5 heteroatoms. The standard InChI is InChI=1S/C12H15ClN2O2/c1-14-10-5-4-9(17-7-3-6-13)8-11(10)15(2)12(14)16/h4-5,8H,3,6-7H2,1-2H3. The van der Waals surface area contributed by atoms with Crippen LogP contribution in [-0.2, 0) is 14.1 Å². The molecule has 0 bridgehead atoms. The van der Waals surface area contributed by atoms with Crippen molar-refractivity contribution in [2.24, 2.45) is 14.1 Å². The summed E-state index contributed by atoms with van der Waals surface area (Å²) in [4.78, 5) is 11.7. The van der Waals surface area contributed by atoms with Crippen molar-refractivity contribution in [3.8, 4) is 5.75 Å². The zero-order valence-electron chi connectivity index (χ0n) is 9.94. The van der Waals surface area contributed by atoms with Gasteiger partial charge in [0.05, 0.1) is 17.6 Å². The molecular formula is C12H15ClN2O2. The molecule has 0 aliphatic heterocycles. The van der Waals surface area contributed by atoms with Gasteiger partial charge in [-0.1, -0.05) is 0 Å². The number of aryl methyl sites for hydroxylation is 2. The SMILES string of the molecule is Cn1c(=O)n(C)c2cc(OCCCCl)ccc21. The maximum Gasteiger partial charge on any atom is 0.328 e. The molecule has 0 unspecified atom stereocenters. The highest BCUT2D eigenvalue weighted by Gasteiger charge is 2.08. The zero-order chi connectivity index (χ0) is 12.4. The van der Waals surface area contributed by atoms with Crippen LogP contribution in [0.15, 0.2) is 23.0 Å². The maximum atomic E-state index is 11.7. The average Bonchev–Trinajstić information content (AvgIpc) is 2.55. The molecule has 92 valence electrons. The number of imidazole rings is 1. The predicted octanol–water partition coefficient (Wildman–Crippen LogP) is 1.88. The monoisotopic (exact) mass is 254 g/mol. The molecule has 17 heavy (non-hydrogen) atoms. The number of ether oxygens (including phenoxy) is 1. The maximum absolute atomic E-state index is 11.7. The number of fused-ring (bicyclic) bond motifs is 1. The number of benzene rings is 1. The van der Waals surface area contributed by atoms with E-state index in [4.69, 9.17) is 16.3 Å². The molecule has 2 rings (SSSR count). The Morgan fingerprint density at radius 1 is 1.24 bits per heavy atom. The molecule has 0 fully saturated rings. The number of hydrogen-bond acceptors (Lipinski definition) is 2. The van der Waals surface area contributed by atoms with Crippen molar-refractivity contribution in [3.63, 3.8) is 0 Å². The van der Waals surface area contributed by atoms with Gasteiger partial charge < -0.3 is 4.74 Å². The molecule has 0 N–H and O–H groups in total. The molecule has 0 aliphatic rings. The third kappa shape index (κ3) is 2.17. The van der Waals surface area contributed by atoms with Gasteiger partial charge in [-0.05, 0) is 18.6 Å². The highest BCUT2D eigenvalue weighted by Crippen LogP contribution is 2.19. The quantitative estimate of drug-likeness (QED) is 0.617. The minimum atomic E-state index is -0.0297. The Morgan fingerprint density at radius 2 is 1.94 bits per heavy atom. The Bertz CT molecular complexity index is 586. The van der Waals surface area contributed by atoms with Gasteiger partial charge in [-0.2, -0.15) is 0 Å². The van der Waals surface area contributed by atoms with Crippen molar-refractivity contribution in [1.82, 2.24) is 9.13 Å². The molecule has 0 aliphatic carbocycles. The molecule has 4 nitrogen and oxygen atoms in total. The van der Waals surface area contributed by atoms with Crippen molar-refractivity contribution < 1.29 is 4.74 Å². The second-order valence-electron chi connectivity index (χ2n) is 3.94. The summed E-state index contributed by atoms with van der Waals surface area (Å²) >= 11 is 5.58. The van der Waals surface area contributed by atoms with E-state index in [0.717, 1.165) is 23.2 Å². The largest absolute Gasteiger partial charge is 0.493 e. The first kappa shape index (κ1) is 12.0. The first-order valence-electron chi connectivity index (χ1n) is 5.49. The molecular weight excluding hydrogens is 240 g/mol. The Kier molecular flexibility index (Phi) is 3.43. The number of halogens is 1. The normalized spacial score (nSPS) is 11.0. The van der Waals surface area contributed by atoms with Gasteiger partial charge in [0.25, 0.3) is 0 Å². The molecule has 0 radical (unpaired) electrons. The lowest BCUT2D eigenvalue weighted by atomic mass is 10.3. The third-order valence-corrected chi connectivity index (χ3v) is 3.06. The van der Waals surface area contributed by atoms with Crippen LogP contribution >= 0.6 is 11.6 Å². The fourth-order valence-corrected chi connectivity index (χ4v) is 1.93. The Morgan fingerprint density at radius 3 is 2.65 bits per heavy atom. The second-order valence-corrected chi connectivity index (χ2v) is 4.32. The summed E-state index contributed by atoms with van der Waals surface area (Å²) in [6.07, 6.45) is 0.813. The minimum Gasteiger partial charge on any atom is -0.493 e. The van der Waals surface area contributed by atoms with Crippen molar-refractivity contribution in [2.45, 2.75) is 6.42 Å². The van der Waals surface area contributed by atoms with Crippen molar-refractivity contribution in [2.75, 3.05) is 12.5 Å². The molecule has 1 aromatic heterocycles. The van der Waals surface area contributed by atoms with Crippen LogP contribution in [0.2, 0.25) is 0 Å². The molecule has 0 spiro atoms. The molecule has 0 saturated carbocycles. The van der Waals surface area contributed by atoms with Gasteiger partial charge in [0.15, 0.2) is 0 Å². The van der Waals surface area contributed by atoms with E-state index in [0.29, 0.717) is 12.5 Å². The highest BCUT2D eigenvalue weighted by molar-refractivity contribution is 6.17. The van der Waals surface area contributed by atoms with Gasteiger partial charge in [-0.3, -0.25) is 9.13 Å². The van der Waals surface area contributed by atoms with E-state index < -0.39 is 0 Å². The smallest absolute Gasteiger partial charge is 0.328 e. The van der Waals surface area contributed by atoms with Gasteiger partial charge in [-0.25, -0.2) is 4.79 Å². The first-order chi connectivity index (χ1) is 8.15. The van der Waals surface area contributed by atoms with E-state index >= 15 is 0 Å². The van der Waals surface area contributed by atoms with Crippen LogP contribution in [-0.4, -0.2) is 21.6 Å². The van der Waals surface area contributed by atoms with Crippen LogP contribution in [0.4, 0.5) is 0 Å². The van der Waals surface area contributed by atoms with Crippen LogP contribution in [0, 0.1) is 0 Å². The Balaban J connectivity index is 2.37. The third-order valence-electron chi connectivity index (χ3n) is 2.79. The summed E-state index contributed by atoms with van der Waals surface area (Å²) in [6.45, 7) is 0.593. The van der Waals surface area contributed by atoms with E-state index in [1.165, 1.54) is 0 Å². The average molecular weight is 255 g/mol. The molecule has 0 saturated heterocycles. The van der Waals surface area contributed by atoms with Crippen molar-refractivity contribution in [1.29, 1.82) is 0 Å². The van der Waals surface area contributed by atoms with E-state index in [9.17, 15) is 4.79 Å². The van der Waals surface area contributed by atoms with Gasteiger partial charge in [-0.15, -0.1) is 11.6 Å². The van der Waals surface area contributed by atoms with Gasteiger partial charge >= 0.3 is 5.69 Å². The van der Waals surface area contributed by atoms with Crippen molar-refractivity contribution in [3.05, 3.63) is 28.7 Å². The first-order valence-corrected chi connectivity index (χ1v) is 6.03. The highest BCUT2D eigenvalue weighted by atomic mass is 35.5. The Labute approximate surface area is 104 Å². The van der Waals surface area contributed by atoms with Crippen LogP contribution in [0.25, 0.3) is 11.0 Å². The molecule has 1 heterocycles. The fourth-order valence-electron chi connectivity index (χ4n) is 1.82. The van der Waals surface area contributed by atoms with E-state index in [1.54, 1.807) is 23.2 Å².